The quantitative estimate of drug-likeness (QED) is 0.889. The summed E-state index contributed by atoms with van der Waals surface area (Å²) < 4.78 is 13.9. The van der Waals surface area contributed by atoms with Gasteiger partial charge in [-0.15, -0.1) is 0 Å². The largest absolute Gasteiger partial charge is 0.366 e. The Kier molecular flexibility index (Phi) is 4.94. The van der Waals surface area contributed by atoms with Gasteiger partial charge in [0.2, 0.25) is 5.91 Å². The minimum atomic E-state index is -0.638. The van der Waals surface area contributed by atoms with Gasteiger partial charge in [-0.2, -0.15) is 0 Å². The number of carbonyl (C=O) groups excluding carboxylic acids is 1. The van der Waals surface area contributed by atoms with Gasteiger partial charge in [0.1, 0.15) is 5.82 Å². The number of hydrogen-bond donors (Lipinski definition) is 2. The fourth-order valence-electron chi connectivity index (χ4n) is 2.00. The van der Waals surface area contributed by atoms with Crippen LogP contribution in [0.3, 0.4) is 0 Å². The van der Waals surface area contributed by atoms with Crippen LogP contribution in [0.4, 0.5) is 4.39 Å². The molecule has 0 aliphatic rings. The molecule has 3 N–H and O–H groups in total. The second-order valence-electron chi connectivity index (χ2n) is 4.83. The summed E-state index contributed by atoms with van der Waals surface area (Å²) in [5, 5.41) is 3.88. The Labute approximate surface area is 127 Å². The zero-order valence-corrected chi connectivity index (χ0v) is 12.3. The molecule has 1 amide bonds. The fourth-order valence-corrected chi connectivity index (χ4v) is 2.20. The number of nitrogens with one attached hydrogen (secondary N) is 1. The Morgan fingerprint density at radius 3 is 2.71 bits per heavy atom. The maximum absolute atomic E-state index is 13.9. The van der Waals surface area contributed by atoms with E-state index >= 15 is 0 Å². The fraction of sp³-hybridized carbons (Fsp3) is 0.188. The van der Waals surface area contributed by atoms with Crippen LogP contribution in [0, 0.1) is 5.82 Å². The van der Waals surface area contributed by atoms with Crippen molar-refractivity contribution in [3.05, 3.63) is 70.0 Å². The lowest BCUT2D eigenvalue weighted by atomic mass is 10.1. The number of hydrogen-bond acceptors (Lipinski definition) is 2. The summed E-state index contributed by atoms with van der Waals surface area (Å²) in [5.74, 6) is -1.09. The highest BCUT2D eigenvalue weighted by molar-refractivity contribution is 6.30. The monoisotopic (exact) mass is 306 g/mol. The van der Waals surface area contributed by atoms with Crippen molar-refractivity contribution in [3.8, 4) is 0 Å². The molecule has 2 aromatic carbocycles. The van der Waals surface area contributed by atoms with Crippen molar-refractivity contribution in [1.29, 1.82) is 0 Å². The summed E-state index contributed by atoms with van der Waals surface area (Å²) in [5.41, 5.74) is 6.78. The van der Waals surface area contributed by atoms with Crippen molar-refractivity contribution in [2.75, 3.05) is 0 Å². The van der Waals surface area contributed by atoms with Crippen molar-refractivity contribution < 1.29 is 9.18 Å². The van der Waals surface area contributed by atoms with Crippen LogP contribution in [0.1, 0.15) is 34.5 Å². The molecule has 21 heavy (non-hydrogen) atoms. The van der Waals surface area contributed by atoms with E-state index in [2.05, 4.69) is 5.32 Å². The summed E-state index contributed by atoms with van der Waals surface area (Å²) >= 11 is 5.95. The Hall–Kier alpha value is -1.91. The number of benzene rings is 2. The molecule has 0 unspecified atom stereocenters. The average Bonchev–Trinajstić information content (AvgIpc) is 2.45. The number of halogens is 2. The zero-order chi connectivity index (χ0) is 15.4. The highest BCUT2D eigenvalue weighted by Gasteiger charge is 2.09. The number of carbonyl (C=O) groups is 1. The normalized spacial score (nSPS) is 12.1. The maximum Gasteiger partial charge on any atom is 0.248 e. The molecule has 0 aromatic heterocycles. The van der Waals surface area contributed by atoms with E-state index in [1.807, 2.05) is 25.1 Å². The average molecular weight is 307 g/mol. The highest BCUT2D eigenvalue weighted by Crippen LogP contribution is 2.18. The van der Waals surface area contributed by atoms with E-state index < -0.39 is 11.7 Å². The van der Waals surface area contributed by atoms with Gasteiger partial charge in [0.05, 0.1) is 0 Å². The third kappa shape index (κ3) is 4.03. The molecule has 0 saturated carbocycles. The minimum absolute atomic E-state index is 0.0268. The van der Waals surface area contributed by atoms with Crippen molar-refractivity contribution in [1.82, 2.24) is 5.32 Å². The van der Waals surface area contributed by atoms with Gasteiger partial charge < -0.3 is 11.1 Å². The predicted octanol–water partition coefficient (Wildman–Crippen LogP) is 3.43. The first kappa shape index (κ1) is 15.5. The summed E-state index contributed by atoms with van der Waals surface area (Å²) in [6, 6.07) is 11.8. The molecule has 0 saturated heterocycles. The first-order chi connectivity index (χ1) is 9.97. The van der Waals surface area contributed by atoms with Gasteiger partial charge in [-0.3, -0.25) is 4.79 Å². The molecule has 0 radical (unpaired) electrons. The zero-order valence-electron chi connectivity index (χ0n) is 11.6. The van der Waals surface area contributed by atoms with Gasteiger partial charge in [-0.05, 0) is 36.8 Å². The number of nitrogens with two attached hydrogens (primary N) is 1. The first-order valence-electron chi connectivity index (χ1n) is 6.54. The van der Waals surface area contributed by atoms with Crippen molar-refractivity contribution in [2.24, 2.45) is 5.73 Å². The SMILES string of the molecule is C[C@@H](NCc1ccc(C(N)=O)cc1F)c1cccc(Cl)c1. The third-order valence-corrected chi connectivity index (χ3v) is 3.52. The smallest absolute Gasteiger partial charge is 0.248 e. The summed E-state index contributed by atoms with van der Waals surface area (Å²) in [6.45, 7) is 2.32. The van der Waals surface area contributed by atoms with Gasteiger partial charge in [-0.1, -0.05) is 29.8 Å². The maximum atomic E-state index is 13.9. The summed E-state index contributed by atoms with van der Waals surface area (Å²) in [6.07, 6.45) is 0. The number of amides is 1. The Balaban J connectivity index is 2.04. The van der Waals surface area contributed by atoms with Crippen LogP contribution in [0.15, 0.2) is 42.5 Å². The van der Waals surface area contributed by atoms with Gasteiger partial charge >= 0.3 is 0 Å². The molecule has 0 bridgehead atoms. The Morgan fingerprint density at radius 2 is 2.10 bits per heavy atom. The van der Waals surface area contributed by atoms with E-state index in [1.165, 1.54) is 6.07 Å². The Bertz CT molecular complexity index is 660. The van der Waals surface area contributed by atoms with Crippen molar-refractivity contribution >= 4 is 17.5 Å². The predicted molar refractivity (Wildman–Crippen MR) is 81.6 cm³/mol. The van der Waals surface area contributed by atoms with Crippen LogP contribution >= 0.6 is 11.6 Å². The molecule has 0 fully saturated rings. The van der Waals surface area contributed by atoms with Crippen LogP contribution < -0.4 is 11.1 Å². The highest BCUT2D eigenvalue weighted by atomic mass is 35.5. The topological polar surface area (TPSA) is 55.1 Å². The molecule has 0 spiro atoms. The molecule has 2 rings (SSSR count). The Morgan fingerprint density at radius 1 is 1.33 bits per heavy atom. The number of primary amides is 1. The molecule has 0 aliphatic heterocycles. The molecule has 0 heterocycles. The van der Waals surface area contributed by atoms with E-state index in [0.717, 1.165) is 11.6 Å². The van der Waals surface area contributed by atoms with Gasteiger partial charge in [-0.25, -0.2) is 4.39 Å². The first-order valence-corrected chi connectivity index (χ1v) is 6.92. The molecule has 1 atom stereocenters. The summed E-state index contributed by atoms with van der Waals surface area (Å²) in [7, 11) is 0. The lowest BCUT2D eigenvalue weighted by Gasteiger charge is -2.15. The van der Waals surface area contributed by atoms with E-state index in [1.54, 1.807) is 12.1 Å². The van der Waals surface area contributed by atoms with Crippen LogP contribution in [-0.4, -0.2) is 5.91 Å². The molecular weight excluding hydrogens is 291 g/mol. The third-order valence-electron chi connectivity index (χ3n) is 3.28. The molecule has 2 aromatic rings. The second-order valence-corrected chi connectivity index (χ2v) is 5.26. The molecule has 3 nitrogen and oxygen atoms in total. The number of rotatable bonds is 5. The van der Waals surface area contributed by atoms with Gasteiger partial charge in [0, 0.05) is 28.7 Å². The summed E-state index contributed by atoms with van der Waals surface area (Å²) in [4.78, 5) is 11.0. The van der Waals surface area contributed by atoms with Gasteiger partial charge in [0.15, 0.2) is 0 Å². The van der Waals surface area contributed by atoms with E-state index in [-0.39, 0.29) is 11.6 Å². The van der Waals surface area contributed by atoms with Crippen molar-refractivity contribution in [3.63, 3.8) is 0 Å². The van der Waals surface area contributed by atoms with E-state index in [9.17, 15) is 9.18 Å². The van der Waals surface area contributed by atoms with Crippen LogP contribution in [0.2, 0.25) is 5.02 Å². The lowest BCUT2D eigenvalue weighted by Crippen LogP contribution is -2.19. The lowest BCUT2D eigenvalue weighted by molar-refractivity contribution is 0.1000. The van der Waals surface area contributed by atoms with Gasteiger partial charge in [0.25, 0.3) is 0 Å². The minimum Gasteiger partial charge on any atom is -0.366 e. The molecule has 110 valence electrons. The van der Waals surface area contributed by atoms with E-state index in [4.69, 9.17) is 17.3 Å². The molecule has 5 heteroatoms. The van der Waals surface area contributed by atoms with Crippen LogP contribution in [-0.2, 0) is 6.54 Å². The standard InChI is InChI=1S/C16H16ClFN2O/c1-10(11-3-2-4-14(17)7-11)20-9-13-6-5-12(16(19)21)8-15(13)18/h2-8,10,20H,9H2,1H3,(H2,19,21)/t10-/m1/s1. The second kappa shape index (κ2) is 6.70. The molecular formula is C16H16ClFN2O. The van der Waals surface area contributed by atoms with Crippen LogP contribution in [0.25, 0.3) is 0 Å². The van der Waals surface area contributed by atoms with Crippen molar-refractivity contribution in [2.45, 2.75) is 19.5 Å². The van der Waals surface area contributed by atoms with E-state index in [0.29, 0.717) is 17.1 Å². The molecule has 0 aliphatic carbocycles. The van der Waals surface area contributed by atoms with Crippen LogP contribution in [0.5, 0.6) is 0 Å².